The third-order valence-corrected chi connectivity index (χ3v) is 3.24. The van der Waals surface area contributed by atoms with E-state index >= 15 is 0 Å². The van der Waals surface area contributed by atoms with E-state index in [1.807, 2.05) is 6.07 Å². The molecule has 0 bridgehead atoms. The number of hydrogen-bond donors (Lipinski definition) is 2. The zero-order valence-corrected chi connectivity index (χ0v) is 9.82. The molecule has 0 saturated heterocycles. The molecule has 1 aromatic rings. The minimum Gasteiger partial charge on any atom is -0.366 e. The topological polar surface area (TPSA) is 63.8 Å². The molecule has 0 radical (unpaired) electrons. The quantitative estimate of drug-likeness (QED) is 0.814. The Morgan fingerprint density at radius 3 is 2.94 bits per heavy atom. The highest BCUT2D eigenvalue weighted by Crippen LogP contribution is 2.20. The minimum atomic E-state index is 0.258. The van der Waals surface area contributed by atoms with Crippen LogP contribution in [0.1, 0.15) is 38.3 Å². The van der Waals surface area contributed by atoms with Gasteiger partial charge in [0.2, 0.25) is 0 Å². The highest BCUT2D eigenvalue weighted by Gasteiger charge is 2.21. The zero-order chi connectivity index (χ0) is 11.4. The van der Waals surface area contributed by atoms with E-state index in [1.54, 1.807) is 6.33 Å². The molecule has 1 heterocycles. The number of anilines is 1. The van der Waals surface area contributed by atoms with Crippen LogP contribution in [-0.2, 0) is 6.42 Å². The lowest BCUT2D eigenvalue weighted by molar-refractivity contribution is 0.403. The summed E-state index contributed by atoms with van der Waals surface area (Å²) in [5, 5.41) is 3.43. The Labute approximate surface area is 96.7 Å². The first-order valence-corrected chi connectivity index (χ1v) is 6.12. The van der Waals surface area contributed by atoms with Crippen molar-refractivity contribution in [1.29, 1.82) is 0 Å². The standard InChI is InChI=1S/C12H20N4/c1-2-9-7-12(15-8-14-9)16-11-6-4-3-5-10(11)13/h7-8,10-11H,2-6,13H2,1H3,(H,14,15,16)/t10-,11-/m1/s1. The van der Waals surface area contributed by atoms with Crippen LogP contribution < -0.4 is 11.1 Å². The van der Waals surface area contributed by atoms with Gasteiger partial charge in [0.1, 0.15) is 12.1 Å². The van der Waals surface area contributed by atoms with Crippen LogP contribution in [0, 0.1) is 0 Å². The second-order valence-corrected chi connectivity index (χ2v) is 4.45. The maximum Gasteiger partial charge on any atom is 0.129 e. The van der Waals surface area contributed by atoms with E-state index in [0.29, 0.717) is 6.04 Å². The van der Waals surface area contributed by atoms with Crippen LogP contribution in [0.25, 0.3) is 0 Å². The molecule has 16 heavy (non-hydrogen) atoms. The second-order valence-electron chi connectivity index (χ2n) is 4.45. The molecule has 88 valence electrons. The first-order chi connectivity index (χ1) is 7.79. The van der Waals surface area contributed by atoms with E-state index in [2.05, 4.69) is 22.2 Å². The molecule has 4 heteroatoms. The molecule has 1 aliphatic rings. The summed E-state index contributed by atoms with van der Waals surface area (Å²) in [4.78, 5) is 8.43. The summed E-state index contributed by atoms with van der Waals surface area (Å²) in [7, 11) is 0. The van der Waals surface area contributed by atoms with E-state index in [0.717, 1.165) is 30.8 Å². The molecule has 2 atom stereocenters. The Morgan fingerprint density at radius 2 is 2.19 bits per heavy atom. The number of rotatable bonds is 3. The summed E-state index contributed by atoms with van der Waals surface area (Å²) < 4.78 is 0. The molecular weight excluding hydrogens is 200 g/mol. The summed E-state index contributed by atoms with van der Waals surface area (Å²) in [5.74, 6) is 0.911. The zero-order valence-electron chi connectivity index (χ0n) is 9.82. The Morgan fingerprint density at radius 1 is 1.38 bits per heavy atom. The average molecular weight is 220 g/mol. The van der Waals surface area contributed by atoms with Gasteiger partial charge in [-0.25, -0.2) is 9.97 Å². The van der Waals surface area contributed by atoms with E-state index < -0.39 is 0 Å². The lowest BCUT2D eigenvalue weighted by atomic mass is 9.91. The normalized spacial score (nSPS) is 25.4. The Kier molecular flexibility index (Phi) is 3.72. The van der Waals surface area contributed by atoms with Gasteiger partial charge < -0.3 is 11.1 Å². The fourth-order valence-corrected chi connectivity index (χ4v) is 2.20. The van der Waals surface area contributed by atoms with Gasteiger partial charge in [-0.05, 0) is 19.3 Å². The predicted molar refractivity (Wildman–Crippen MR) is 65.3 cm³/mol. The number of hydrogen-bond acceptors (Lipinski definition) is 4. The SMILES string of the molecule is CCc1cc(N[C@@H]2CCCC[C@H]2N)ncn1. The molecule has 0 amide bonds. The Balaban J connectivity index is 2.01. The summed E-state index contributed by atoms with van der Waals surface area (Å²) in [5.41, 5.74) is 7.16. The third-order valence-electron chi connectivity index (χ3n) is 3.24. The fraction of sp³-hybridized carbons (Fsp3) is 0.667. The number of nitrogens with two attached hydrogens (primary N) is 1. The molecule has 1 aromatic heterocycles. The van der Waals surface area contributed by atoms with Crippen LogP contribution in [0.5, 0.6) is 0 Å². The van der Waals surface area contributed by atoms with Crippen molar-refractivity contribution >= 4 is 5.82 Å². The van der Waals surface area contributed by atoms with Crippen LogP contribution in [0.2, 0.25) is 0 Å². The van der Waals surface area contributed by atoms with Gasteiger partial charge in [-0.3, -0.25) is 0 Å². The molecular formula is C12H20N4. The van der Waals surface area contributed by atoms with Crippen LogP contribution in [0.4, 0.5) is 5.82 Å². The van der Waals surface area contributed by atoms with E-state index in [1.165, 1.54) is 12.8 Å². The van der Waals surface area contributed by atoms with Gasteiger partial charge in [-0.15, -0.1) is 0 Å². The summed E-state index contributed by atoms with van der Waals surface area (Å²) in [6, 6.07) is 2.64. The molecule has 0 unspecified atom stereocenters. The number of nitrogens with one attached hydrogen (secondary N) is 1. The largest absolute Gasteiger partial charge is 0.366 e. The smallest absolute Gasteiger partial charge is 0.129 e. The van der Waals surface area contributed by atoms with Crippen molar-refractivity contribution in [3.05, 3.63) is 18.1 Å². The van der Waals surface area contributed by atoms with Crippen molar-refractivity contribution in [2.75, 3.05) is 5.32 Å². The predicted octanol–water partition coefficient (Wildman–Crippen LogP) is 1.72. The number of nitrogens with zero attached hydrogens (tertiary/aromatic N) is 2. The Hall–Kier alpha value is -1.16. The molecule has 1 aliphatic carbocycles. The van der Waals surface area contributed by atoms with Crippen LogP contribution >= 0.6 is 0 Å². The first-order valence-electron chi connectivity index (χ1n) is 6.12. The van der Waals surface area contributed by atoms with Crippen molar-refractivity contribution in [3.8, 4) is 0 Å². The van der Waals surface area contributed by atoms with Crippen molar-refractivity contribution in [2.24, 2.45) is 5.73 Å². The van der Waals surface area contributed by atoms with Gasteiger partial charge >= 0.3 is 0 Å². The van der Waals surface area contributed by atoms with Gasteiger partial charge in [0, 0.05) is 23.8 Å². The molecule has 0 aromatic carbocycles. The average Bonchev–Trinajstić information content (AvgIpc) is 2.32. The number of aryl methyl sites for hydroxylation is 1. The summed E-state index contributed by atoms with van der Waals surface area (Å²) >= 11 is 0. The molecule has 3 N–H and O–H groups in total. The van der Waals surface area contributed by atoms with Crippen molar-refractivity contribution < 1.29 is 0 Å². The van der Waals surface area contributed by atoms with Gasteiger partial charge in [0.15, 0.2) is 0 Å². The summed E-state index contributed by atoms with van der Waals surface area (Å²) in [6.07, 6.45) is 7.33. The summed E-state index contributed by atoms with van der Waals surface area (Å²) in [6.45, 7) is 2.10. The molecule has 2 rings (SSSR count). The first kappa shape index (κ1) is 11.3. The van der Waals surface area contributed by atoms with Crippen molar-refractivity contribution in [1.82, 2.24) is 9.97 Å². The van der Waals surface area contributed by atoms with E-state index in [9.17, 15) is 0 Å². The maximum atomic E-state index is 6.09. The van der Waals surface area contributed by atoms with Crippen LogP contribution in [-0.4, -0.2) is 22.1 Å². The highest BCUT2D eigenvalue weighted by atomic mass is 15.1. The van der Waals surface area contributed by atoms with Crippen molar-refractivity contribution in [3.63, 3.8) is 0 Å². The molecule has 0 aliphatic heterocycles. The minimum absolute atomic E-state index is 0.258. The van der Waals surface area contributed by atoms with Gasteiger partial charge in [-0.2, -0.15) is 0 Å². The number of aromatic nitrogens is 2. The lowest BCUT2D eigenvalue weighted by Crippen LogP contribution is -2.42. The third kappa shape index (κ3) is 2.70. The molecule has 1 saturated carbocycles. The maximum absolute atomic E-state index is 6.09. The molecule has 1 fully saturated rings. The van der Waals surface area contributed by atoms with Gasteiger partial charge in [0.05, 0.1) is 0 Å². The van der Waals surface area contributed by atoms with Crippen LogP contribution in [0.15, 0.2) is 12.4 Å². The monoisotopic (exact) mass is 220 g/mol. The van der Waals surface area contributed by atoms with Crippen LogP contribution in [0.3, 0.4) is 0 Å². The van der Waals surface area contributed by atoms with E-state index in [-0.39, 0.29) is 6.04 Å². The molecule has 4 nitrogen and oxygen atoms in total. The lowest BCUT2D eigenvalue weighted by Gasteiger charge is -2.29. The Bertz CT molecular complexity index is 340. The highest BCUT2D eigenvalue weighted by molar-refractivity contribution is 5.36. The van der Waals surface area contributed by atoms with Gasteiger partial charge in [0.25, 0.3) is 0 Å². The van der Waals surface area contributed by atoms with Crippen molar-refractivity contribution in [2.45, 2.75) is 51.1 Å². The van der Waals surface area contributed by atoms with E-state index in [4.69, 9.17) is 5.73 Å². The second kappa shape index (κ2) is 5.25. The molecule has 0 spiro atoms. The fourth-order valence-electron chi connectivity index (χ4n) is 2.20. The van der Waals surface area contributed by atoms with Gasteiger partial charge in [-0.1, -0.05) is 19.8 Å².